The molecule has 0 atom stereocenters. The standard InChI is InChI=1S/C11H20N6O2/c1-7(2)14-11(18)5-13-8-4-9(17-12)16-10(15-8)6-19-3/h4,7H,5-6,12H2,1-3H3,(H,14,18)(H2,13,15,16,17). The zero-order chi connectivity index (χ0) is 14.3. The number of nitrogen functional groups attached to an aromatic ring is 1. The molecule has 106 valence electrons. The van der Waals surface area contributed by atoms with Crippen LogP contribution in [-0.2, 0) is 16.1 Å². The van der Waals surface area contributed by atoms with E-state index in [1.54, 1.807) is 13.2 Å². The fourth-order valence-corrected chi connectivity index (χ4v) is 1.40. The minimum Gasteiger partial charge on any atom is -0.377 e. The highest BCUT2D eigenvalue weighted by atomic mass is 16.5. The molecule has 0 aromatic carbocycles. The van der Waals surface area contributed by atoms with Crippen molar-refractivity contribution in [3.63, 3.8) is 0 Å². The zero-order valence-corrected chi connectivity index (χ0v) is 11.4. The van der Waals surface area contributed by atoms with Crippen molar-refractivity contribution in [2.45, 2.75) is 26.5 Å². The summed E-state index contributed by atoms with van der Waals surface area (Å²) in [5, 5.41) is 5.68. The molecule has 0 aliphatic carbocycles. The third-order valence-corrected chi connectivity index (χ3v) is 2.07. The number of amides is 1. The van der Waals surface area contributed by atoms with Crippen LogP contribution in [0.15, 0.2) is 6.07 Å². The minimum atomic E-state index is -0.107. The lowest BCUT2D eigenvalue weighted by Crippen LogP contribution is -2.35. The van der Waals surface area contributed by atoms with E-state index >= 15 is 0 Å². The molecule has 0 spiro atoms. The number of anilines is 2. The molecule has 1 rings (SSSR count). The lowest BCUT2D eigenvalue weighted by Gasteiger charge is -2.11. The van der Waals surface area contributed by atoms with Crippen LogP contribution in [0.3, 0.4) is 0 Å². The number of ether oxygens (including phenoxy) is 1. The second-order valence-corrected chi connectivity index (χ2v) is 4.21. The van der Waals surface area contributed by atoms with Gasteiger partial charge in [0.05, 0.1) is 6.54 Å². The van der Waals surface area contributed by atoms with E-state index in [4.69, 9.17) is 10.6 Å². The van der Waals surface area contributed by atoms with E-state index in [-0.39, 0.29) is 25.1 Å². The summed E-state index contributed by atoms with van der Waals surface area (Å²) in [6.07, 6.45) is 0. The summed E-state index contributed by atoms with van der Waals surface area (Å²) in [6.45, 7) is 4.19. The van der Waals surface area contributed by atoms with Crippen LogP contribution >= 0.6 is 0 Å². The summed E-state index contributed by atoms with van der Waals surface area (Å²) in [5.74, 6) is 6.65. The van der Waals surface area contributed by atoms with Crippen LogP contribution in [0.1, 0.15) is 19.7 Å². The Bertz CT molecular complexity index is 424. The number of nitrogens with one attached hydrogen (secondary N) is 3. The van der Waals surface area contributed by atoms with Crippen LogP contribution in [0.25, 0.3) is 0 Å². The largest absolute Gasteiger partial charge is 0.377 e. The summed E-state index contributed by atoms with van der Waals surface area (Å²) in [4.78, 5) is 19.8. The van der Waals surface area contributed by atoms with Gasteiger partial charge in [-0.1, -0.05) is 0 Å². The maximum Gasteiger partial charge on any atom is 0.239 e. The monoisotopic (exact) mass is 268 g/mol. The number of carbonyl (C=O) groups excluding carboxylic acids is 1. The Labute approximate surface area is 112 Å². The Balaban J connectivity index is 2.66. The third kappa shape index (κ3) is 5.49. The third-order valence-electron chi connectivity index (χ3n) is 2.07. The number of aromatic nitrogens is 2. The Morgan fingerprint density at radius 3 is 2.68 bits per heavy atom. The van der Waals surface area contributed by atoms with Gasteiger partial charge >= 0.3 is 0 Å². The Morgan fingerprint density at radius 1 is 1.42 bits per heavy atom. The van der Waals surface area contributed by atoms with Crippen molar-refractivity contribution in [3.05, 3.63) is 11.9 Å². The predicted molar refractivity (Wildman–Crippen MR) is 72.3 cm³/mol. The van der Waals surface area contributed by atoms with Crippen LogP contribution in [0.2, 0.25) is 0 Å². The normalized spacial score (nSPS) is 10.4. The van der Waals surface area contributed by atoms with Gasteiger partial charge in [-0.2, -0.15) is 0 Å². The average molecular weight is 268 g/mol. The van der Waals surface area contributed by atoms with E-state index < -0.39 is 0 Å². The highest BCUT2D eigenvalue weighted by Gasteiger charge is 2.06. The van der Waals surface area contributed by atoms with Gasteiger partial charge in [-0.25, -0.2) is 15.8 Å². The number of nitrogens with zero attached hydrogens (tertiary/aromatic N) is 2. The molecule has 0 saturated heterocycles. The van der Waals surface area contributed by atoms with Gasteiger partial charge in [0, 0.05) is 19.2 Å². The van der Waals surface area contributed by atoms with Crippen molar-refractivity contribution >= 4 is 17.5 Å². The van der Waals surface area contributed by atoms with Crippen molar-refractivity contribution in [3.8, 4) is 0 Å². The van der Waals surface area contributed by atoms with Crippen LogP contribution in [-0.4, -0.2) is 35.6 Å². The molecule has 0 saturated carbocycles. The zero-order valence-electron chi connectivity index (χ0n) is 11.4. The molecule has 0 bridgehead atoms. The van der Waals surface area contributed by atoms with Gasteiger partial charge in [0.25, 0.3) is 0 Å². The van der Waals surface area contributed by atoms with Crippen molar-refractivity contribution < 1.29 is 9.53 Å². The summed E-state index contributed by atoms with van der Waals surface area (Å²) >= 11 is 0. The van der Waals surface area contributed by atoms with E-state index in [9.17, 15) is 4.79 Å². The molecule has 1 aromatic rings. The number of carbonyl (C=O) groups is 1. The SMILES string of the molecule is COCc1nc(NN)cc(NCC(=O)NC(C)C)n1. The van der Waals surface area contributed by atoms with E-state index in [1.165, 1.54) is 0 Å². The highest BCUT2D eigenvalue weighted by Crippen LogP contribution is 2.10. The number of hydrazine groups is 1. The average Bonchev–Trinajstić information content (AvgIpc) is 2.35. The first-order valence-corrected chi connectivity index (χ1v) is 5.92. The fraction of sp³-hybridized carbons (Fsp3) is 0.545. The fourth-order valence-electron chi connectivity index (χ4n) is 1.40. The van der Waals surface area contributed by atoms with E-state index in [0.717, 1.165) is 0 Å². The second kappa shape index (κ2) is 7.49. The molecule has 0 aliphatic heterocycles. The summed E-state index contributed by atoms with van der Waals surface area (Å²) in [7, 11) is 1.55. The number of nitrogens with two attached hydrogens (primary N) is 1. The molecule has 0 fully saturated rings. The van der Waals surface area contributed by atoms with Crippen molar-refractivity contribution in [1.29, 1.82) is 0 Å². The van der Waals surface area contributed by atoms with Gasteiger partial charge in [0.15, 0.2) is 5.82 Å². The topological polar surface area (TPSA) is 114 Å². The van der Waals surface area contributed by atoms with Crippen molar-refractivity contribution in [2.24, 2.45) is 5.84 Å². The number of hydrogen-bond acceptors (Lipinski definition) is 7. The number of hydrogen-bond donors (Lipinski definition) is 4. The summed E-state index contributed by atoms with van der Waals surface area (Å²) < 4.78 is 4.96. The molecule has 5 N–H and O–H groups in total. The van der Waals surface area contributed by atoms with Crippen molar-refractivity contribution in [2.75, 3.05) is 24.4 Å². The summed E-state index contributed by atoms with van der Waals surface area (Å²) in [5.41, 5.74) is 2.44. The molecule has 1 aromatic heterocycles. The number of rotatable bonds is 7. The summed E-state index contributed by atoms with van der Waals surface area (Å²) in [6, 6.07) is 1.71. The molecule has 0 aliphatic rings. The van der Waals surface area contributed by atoms with E-state index in [2.05, 4.69) is 26.0 Å². The quantitative estimate of drug-likeness (QED) is 0.401. The molecule has 1 amide bonds. The smallest absolute Gasteiger partial charge is 0.239 e. The van der Waals surface area contributed by atoms with Gasteiger partial charge in [-0.05, 0) is 13.8 Å². The minimum absolute atomic E-state index is 0.102. The Hall–Kier alpha value is -1.93. The molecule has 0 unspecified atom stereocenters. The molecule has 8 nitrogen and oxygen atoms in total. The first-order chi connectivity index (χ1) is 9.05. The molecule has 19 heavy (non-hydrogen) atoms. The predicted octanol–water partition coefficient (Wildman–Crippen LogP) is -0.155. The van der Waals surface area contributed by atoms with Gasteiger partial charge in [0.2, 0.25) is 5.91 Å². The molecule has 1 heterocycles. The second-order valence-electron chi connectivity index (χ2n) is 4.21. The van der Waals surface area contributed by atoms with E-state index in [0.29, 0.717) is 17.5 Å². The van der Waals surface area contributed by atoms with Gasteiger partial charge < -0.3 is 20.8 Å². The first kappa shape index (κ1) is 15.1. The lowest BCUT2D eigenvalue weighted by molar-refractivity contribution is -0.119. The molecular formula is C11H20N6O2. The molecular weight excluding hydrogens is 248 g/mol. The highest BCUT2D eigenvalue weighted by molar-refractivity contribution is 5.80. The van der Waals surface area contributed by atoms with Crippen LogP contribution in [0.4, 0.5) is 11.6 Å². The van der Waals surface area contributed by atoms with Crippen molar-refractivity contribution in [1.82, 2.24) is 15.3 Å². The van der Waals surface area contributed by atoms with Crippen LogP contribution in [0.5, 0.6) is 0 Å². The van der Waals surface area contributed by atoms with Gasteiger partial charge in [-0.15, -0.1) is 0 Å². The first-order valence-electron chi connectivity index (χ1n) is 5.92. The maximum atomic E-state index is 11.5. The van der Waals surface area contributed by atoms with Gasteiger partial charge in [0.1, 0.15) is 18.2 Å². The van der Waals surface area contributed by atoms with Crippen LogP contribution < -0.4 is 21.9 Å². The molecule has 8 heteroatoms. The lowest BCUT2D eigenvalue weighted by atomic mass is 10.4. The van der Waals surface area contributed by atoms with Crippen LogP contribution in [0, 0.1) is 0 Å². The Kier molecular flexibility index (Phi) is 5.97. The maximum absolute atomic E-state index is 11.5. The molecule has 0 radical (unpaired) electrons. The van der Waals surface area contributed by atoms with Gasteiger partial charge in [-0.3, -0.25) is 4.79 Å². The number of methoxy groups -OCH3 is 1. The van der Waals surface area contributed by atoms with E-state index in [1.807, 2.05) is 13.8 Å². The Morgan fingerprint density at radius 2 is 2.11 bits per heavy atom.